The standard InChI is InChI=1S/C27H36O3.C2H6.CH4/c1-6-13-25(4)19(12-16-28)17-20(23-9-8-18(3)30-23)24-21(25)10-14-26(5)22(24)11-15-27(26,29)7-2;1-2;/h2,8-9,12,16,20-22,24,29H,6,10-11,13-15,17H2,1,3-5H3;1-2H3;1H4/b19-12-;;/t20-,21?,22?,24+,25-,26-,27?;;/m0../s1. The van der Waals surface area contributed by atoms with E-state index in [0.717, 1.165) is 56.3 Å². The summed E-state index contributed by atoms with van der Waals surface area (Å²) in [4.78, 5) is 11.6. The van der Waals surface area contributed by atoms with Crippen LogP contribution in [0.4, 0.5) is 0 Å². The van der Waals surface area contributed by atoms with Crippen LogP contribution in [0.2, 0.25) is 0 Å². The van der Waals surface area contributed by atoms with Gasteiger partial charge >= 0.3 is 0 Å². The summed E-state index contributed by atoms with van der Waals surface area (Å²) in [6.45, 7) is 12.8. The Labute approximate surface area is 202 Å². The number of aryl methyl sites for hydroxylation is 1. The van der Waals surface area contributed by atoms with Gasteiger partial charge in [0.05, 0.1) is 0 Å². The highest BCUT2D eigenvalue weighted by atomic mass is 16.3. The Kier molecular flexibility index (Phi) is 8.51. The van der Waals surface area contributed by atoms with E-state index in [2.05, 4.69) is 32.8 Å². The zero-order chi connectivity index (χ0) is 23.7. The van der Waals surface area contributed by atoms with Crippen molar-refractivity contribution in [2.45, 2.75) is 105 Å². The summed E-state index contributed by atoms with van der Waals surface area (Å²) in [5.74, 6) is 6.19. The van der Waals surface area contributed by atoms with Gasteiger partial charge in [-0.25, -0.2) is 0 Å². The summed E-state index contributed by atoms with van der Waals surface area (Å²) in [6, 6.07) is 4.16. The quantitative estimate of drug-likeness (QED) is 0.291. The molecule has 1 N–H and O–H groups in total. The number of carbonyl (C=O) groups is 1. The highest BCUT2D eigenvalue weighted by Gasteiger charge is 2.65. The van der Waals surface area contributed by atoms with Crippen LogP contribution in [0, 0.1) is 47.9 Å². The molecule has 3 aliphatic rings. The minimum Gasteiger partial charge on any atom is -0.466 e. The van der Waals surface area contributed by atoms with Gasteiger partial charge in [-0.15, -0.1) is 6.42 Å². The van der Waals surface area contributed by atoms with Gasteiger partial charge < -0.3 is 9.52 Å². The number of allylic oxidation sites excluding steroid dienone is 2. The number of hydrogen-bond acceptors (Lipinski definition) is 3. The SMILES string of the molecule is C.C#CC1(O)CCC2[C@H]3C(CC[C@@]21C)[C@@](C)(CCC)/C(=C\C=O)C[C@H]3c1ccc(C)o1.CC. The van der Waals surface area contributed by atoms with E-state index < -0.39 is 5.60 Å². The fourth-order valence-corrected chi connectivity index (χ4v) is 7.75. The summed E-state index contributed by atoms with van der Waals surface area (Å²) >= 11 is 0. The van der Waals surface area contributed by atoms with Crippen molar-refractivity contribution in [2.75, 3.05) is 0 Å². The van der Waals surface area contributed by atoms with Crippen molar-refractivity contribution in [2.24, 2.45) is 28.6 Å². The lowest BCUT2D eigenvalue weighted by atomic mass is 9.44. The van der Waals surface area contributed by atoms with E-state index in [4.69, 9.17) is 10.8 Å². The lowest BCUT2D eigenvalue weighted by Crippen LogP contribution is -2.55. The van der Waals surface area contributed by atoms with Gasteiger partial charge in [-0.3, -0.25) is 4.79 Å². The number of rotatable bonds is 4. The fraction of sp³-hybridized carbons (Fsp3) is 0.700. The molecule has 0 radical (unpaired) electrons. The van der Waals surface area contributed by atoms with E-state index in [1.807, 2.05) is 32.9 Å². The molecule has 184 valence electrons. The molecule has 0 amide bonds. The van der Waals surface area contributed by atoms with Crippen LogP contribution in [0.3, 0.4) is 0 Å². The first-order chi connectivity index (χ1) is 15.2. The Hall–Kier alpha value is -1.79. The maximum Gasteiger partial charge on any atom is 0.142 e. The minimum atomic E-state index is -1.02. The van der Waals surface area contributed by atoms with Crippen LogP contribution >= 0.6 is 0 Å². The van der Waals surface area contributed by atoms with E-state index in [1.165, 1.54) is 5.57 Å². The molecule has 0 spiro atoms. The number of furan rings is 1. The molecule has 3 heteroatoms. The first-order valence-electron chi connectivity index (χ1n) is 12.7. The van der Waals surface area contributed by atoms with E-state index in [9.17, 15) is 9.90 Å². The number of aldehydes is 1. The molecular weight excluding hydrogens is 408 g/mol. The van der Waals surface area contributed by atoms with Crippen LogP contribution in [-0.2, 0) is 4.79 Å². The summed E-state index contributed by atoms with van der Waals surface area (Å²) in [6.07, 6.45) is 15.3. The van der Waals surface area contributed by atoms with Crippen molar-refractivity contribution in [1.82, 2.24) is 0 Å². The molecule has 0 aromatic carbocycles. The molecule has 1 aromatic rings. The van der Waals surface area contributed by atoms with Gasteiger partial charge in [0.15, 0.2) is 0 Å². The molecule has 1 heterocycles. The monoisotopic (exact) mass is 454 g/mol. The summed E-state index contributed by atoms with van der Waals surface area (Å²) in [5.41, 5.74) is -0.00130. The molecule has 7 atom stereocenters. The first kappa shape index (κ1) is 27.5. The third-order valence-electron chi connectivity index (χ3n) is 9.34. The number of hydrogen-bond donors (Lipinski definition) is 1. The third-order valence-corrected chi connectivity index (χ3v) is 9.34. The van der Waals surface area contributed by atoms with E-state index in [0.29, 0.717) is 24.2 Å². The molecule has 4 rings (SSSR count). The predicted octanol–water partition coefficient (Wildman–Crippen LogP) is 7.48. The smallest absolute Gasteiger partial charge is 0.142 e. The maximum atomic E-state index is 11.6. The van der Waals surface area contributed by atoms with E-state index >= 15 is 0 Å². The molecule has 3 unspecified atom stereocenters. The molecular formula is C30H46O3. The van der Waals surface area contributed by atoms with Crippen LogP contribution in [-0.4, -0.2) is 17.0 Å². The zero-order valence-corrected chi connectivity index (χ0v) is 20.9. The molecule has 3 nitrogen and oxygen atoms in total. The molecule has 3 saturated carbocycles. The van der Waals surface area contributed by atoms with Crippen molar-refractivity contribution < 1.29 is 14.3 Å². The number of fused-ring (bicyclic) bond motifs is 3. The largest absolute Gasteiger partial charge is 0.466 e. The maximum absolute atomic E-state index is 11.6. The summed E-state index contributed by atoms with van der Waals surface area (Å²) < 4.78 is 6.17. The molecule has 3 aliphatic carbocycles. The number of carbonyl (C=O) groups excluding carboxylic acids is 1. The third kappa shape index (κ3) is 4.14. The van der Waals surface area contributed by atoms with Crippen LogP contribution < -0.4 is 0 Å². The average Bonchev–Trinajstić information content (AvgIpc) is 3.33. The fourth-order valence-electron chi connectivity index (χ4n) is 7.75. The molecule has 0 bridgehead atoms. The van der Waals surface area contributed by atoms with Crippen LogP contribution in [0.15, 0.2) is 28.2 Å². The lowest BCUT2D eigenvalue weighted by Gasteiger charge is -2.60. The normalized spacial score (nSPS) is 40.5. The minimum absolute atomic E-state index is 0. The van der Waals surface area contributed by atoms with Crippen molar-refractivity contribution in [3.05, 3.63) is 35.3 Å². The van der Waals surface area contributed by atoms with Crippen LogP contribution in [0.1, 0.15) is 104 Å². The Morgan fingerprint density at radius 3 is 2.42 bits per heavy atom. The van der Waals surface area contributed by atoms with Gasteiger partial charge in [-0.2, -0.15) is 0 Å². The van der Waals surface area contributed by atoms with Gasteiger partial charge in [-0.05, 0) is 86.8 Å². The summed E-state index contributed by atoms with van der Waals surface area (Å²) in [7, 11) is 0. The van der Waals surface area contributed by atoms with E-state index in [-0.39, 0.29) is 24.2 Å². The highest BCUT2D eigenvalue weighted by molar-refractivity contribution is 5.67. The number of aliphatic hydroxyl groups is 1. The topological polar surface area (TPSA) is 50.4 Å². The van der Waals surface area contributed by atoms with E-state index in [1.54, 1.807) is 0 Å². The predicted molar refractivity (Wildman–Crippen MR) is 137 cm³/mol. The Bertz CT molecular complexity index is 889. The Morgan fingerprint density at radius 1 is 1.21 bits per heavy atom. The molecule has 3 fully saturated rings. The second kappa shape index (κ2) is 10.2. The molecule has 33 heavy (non-hydrogen) atoms. The Balaban J connectivity index is 0.00000125. The van der Waals surface area contributed by atoms with Crippen LogP contribution in [0.5, 0.6) is 0 Å². The van der Waals surface area contributed by atoms with Crippen molar-refractivity contribution in [3.8, 4) is 12.3 Å². The van der Waals surface area contributed by atoms with Gasteiger partial charge in [0.2, 0.25) is 0 Å². The van der Waals surface area contributed by atoms with Crippen molar-refractivity contribution >= 4 is 6.29 Å². The van der Waals surface area contributed by atoms with Crippen LogP contribution in [0.25, 0.3) is 0 Å². The zero-order valence-electron chi connectivity index (χ0n) is 20.9. The van der Waals surface area contributed by atoms with Crippen molar-refractivity contribution in [3.63, 3.8) is 0 Å². The molecule has 0 saturated heterocycles. The lowest BCUT2D eigenvalue weighted by molar-refractivity contribution is -0.108. The van der Waals surface area contributed by atoms with Gasteiger partial charge in [0.25, 0.3) is 0 Å². The summed E-state index contributed by atoms with van der Waals surface area (Å²) in [5, 5.41) is 11.4. The van der Waals surface area contributed by atoms with Crippen molar-refractivity contribution in [1.29, 1.82) is 0 Å². The van der Waals surface area contributed by atoms with Gasteiger partial charge in [0, 0.05) is 11.3 Å². The highest BCUT2D eigenvalue weighted by Crippen LogP contribution is 2.69. The van der Waals surface area contributed by atoms with Gasteiger partial charge in [0.1, 0.15) is 23.4 Å². The molecule has 0 aliphatic heterocycles. The van der Waals surface area contributed by atoms with Gasteiger partial charge in [-0.1, -0.05) is 60.0 Å². The number of terminal acetylenes is 1. The molecule has 1 aromatic heterocycles. The second-order valence-electron chi connectivity index (χ2n) is 10.5. The first-order valence-corrected chi connectivity index (χ1v) is 12.7. The second-order valence-corrected chi connectivity index (χ2v) is 10.5. The Morgan fingerprint density at radius 2 is 1.88 bits per heavy atom. The average molecular weight is 455 g/mol.